The molecule has 20 heavy (non-hydrogen) atoms. The van der Waals surface area contributed by atoms with Gasteiger partial charge in [0, 0.05) is 4.83 Å². The lowest BCUT2D eigenvalue weighted by molar-refractivity contribution is 0.324. The van der Waals surface area contributed by atoms with Crippen molar-refractivity contribution in [3.05, 3.63) is 40.1 Å². The molecule has 1 unspecified atom stereocenters. The average molecular weight is 357 g/mol. The SMILES string of the molecule is COc1cc(C(Br)Cc2ccsc2)cc(OC)c1OC. The number of ether oxygens (including phenoxy) is 3. The quantitative estimate of drug-likeness (QED) is 0.715. The van der Waals surface area contributed by atoms with Crippen LogP contribution >= 0.6 is 27.3 Å². The molecule has 0 aliphatic rings. The van der Waals surface area contributed by atoms with Crippen molar-refractivity contribution in [1.29, 1.82) is 0 Å². The highest BCUT2D eigenvalue weighted by atomic mass is 79.9. The molecule has 3 nitrogen and oxygen atoms in total. The van der Waals surface area contributed by atoms with E-state index in [1.54, 1.807) is 32.7 Å². The summed E-state index contributed by atoms with van der Waals surface area (Å²) in [7, 11) is 4.86. The van der Waals surface area contributed by atoms with Gasteiger partial charge in [0.05, 0.1) is 21.3 Å². The molecule has 108 valence electrons. The summed E-state index contributed by atoms with van der Waals surface area (Å²) < 4.78 is 16.1. The maximum Gasteiger partial charge on any atom is 0.203 e. The summed E-state index contributed by atoms with van der Waals surface area (Å²) in [6.45, 7) is 0. The van der Waals surface area contributed by atoms with E-state index >= 15 is 0 Å². The molecular formula is C15H17BrO3S. The molecule has 0 saturated carbocycles. The molecule has 0 radical (unpaired) electrons. The lowest BCUT2D eigenvalue weighted by Gasteiger charge is -2.16. The zero-order chi connectivity index (χ0) is 14.5. The summed E-state index contributed by atoms with van der Waals surface area (Å²) in [6, 6.07) is 6.09. The second kappa shape index (κ2) is 6.99. The van der Waals surface area contributed by atoms with Gasteiger partial charge in [-0.15, -0.1) is 0 Å². The maximum atomic E-state index is 5.38. The van der Waals surface area contributed by atoms with Crippen molar-refractivity contribution in [3.63, 3.8) is 0 Å². The number of hydrogen-bond donors (Lipinski definition) is 0. The Hall–Kier alpha value is -1.20. The molecule has 1 atom stereocenters. The van der Waals surface area contributed by atoms with Gasteiger partial charge in [-0.3, -0.25) is 0 Å². The van der Waals surface area contributed by atoms with E-state index in [1.807, 2.05) is 12.1 Å². The summed E-state index contributed by atoms with van der Waals surface area (Å²) >= 11 is 5.44. The van der Waals surface area contributed by atoms with E-state index in [1.165, 1.54) is 5.56 Å². The van der Waals surface area contributed by atoms with Crippen LogP contribution < -0.4 is 14.2 Å². The molecule has 2 rings (SSSR count). The Labute approximate surface area is 131 Å². The maximum absolute atomic E-state index is 5.38. The van der Waals surface area contributed by atoms with Crippen LogP contribution in [0, 0.1) is 0 Å². The van der Waals surface area contributed by atoms with Gasteiger partial charge in [0.1, 0.15) is 0 Å². The van der Waals surface area contributed by atoms with Crippen molar-refractivity contribution in [2.45, 2.75) is 11.2 Å². The smallest absolute Gasteiger partial charge is 0.203 e. The van der Waals surface area contributed by atoms with E-state index in [4.69, 9.17) is 14.2 Å². The minimum atomic E-state index is 0.200. The second-order valence-corrected chi connectivity index (χ2v) is 6.15. The van der Waals surface area contributed by atoms with Gasteiger partial charge in [0.15, 0.2) is 11.5 Å². The summed E-state index contributed by atoms with van der Waals surface area (Å²) in [4.78, 5) is 0.200. The van der Waals surface area contributed by atoms with Crippen LogP contribution in [0.1, 0.15) is 16.0 Å². The van der Waals surface area contributed by atoms with E-state index in [0.717, 1.165) is 12.0 Å². The lowest BCUT2D eigenvalue weighted by atomic mass is 10.1. The van der Waals surface area contributed by atoms with Gasteiger partial charge in [-0.05, 0) is 46.5 Å². The molecule has 0 spiro atoms. The molecular weight excluding hydrogens is 340 g/mol. The van der Waals surface area contributed by atoms with Crippen molar-refractivity contribution >= 4 is 27.3 Å². The Bertz CT molecular complexity index is 529. The number of alkyl halides is 1. The van der Waals surface area contributed by atoms with Crippen LogP contribution in [0.4, 0.5) is 0 Å². The van der Waals surface area contributed by atoms with E-state index in [9.17, 15) is 0 Å². The summed E-state index contributed by atoms with van der Waals surface area (Å²) in [5.74, 6) is 1.97. The highest BCUT2D eigenvalue weighted by molar-refractivity contribution is 9.09. The Balaban J connectivity index is 2.31. The highest BCUT2D eigenvalue weighted by Gasteiger charge is 2.17. The minimum Gasteiger partial charge on any atom is -0.493 e. The molecule has 0 saturated heterocycles. The molecule has 0 aliphatic heterocycles. The third-order valence-electron chi connectivity index (χ3n) is 3.04. The first-order chi connectivity index (χ1) is 9.69. The number of methoxy groups -OCH3 is 3. The van der Waals surface area contributed by atoms with Crippen LogP contribution in [0.5, 0.6) is 17.2 Å². The van der Waals surface area contributed by atoms with Gasteiger partial charge < -0.3 is 14.2 Å². The van der Waals surface area contributed by atoms with Crippen LogP contribution in [-0.2, 0) is 6.42 Å². The molecule has 0 fully saturated rings. The predicted molar refractivity (Wildman–Crippen MR) is 85.8 cm³/mol. The first kappa shape index (κ1) is 15.2. The molecule has 2 aromatic rings. The molecule has 1 aromatic carbocycles. The fraction of sp³-hybridized carbons (Fsp3) is 0.333. The van der Waals surface area contributed by atoms with Gasteiger partial charge in [0.25, 0.3) is 0 Å². The largest absolute Gasteiger partial charge is 0.493 e. The number of rotatable bonds is 6. The van der Waals surface area contributed by atoms with E-state index in [-0.39, 0.29) is 4.83 Å². The molecule has 0 amide bonds. The second-order valence-electron chi connectivity index (χ2n) is 4.26. The molecule has 0 aliphatic carbocycles. The number of thiophene rings is 1. The predicted octanol–water partition coefficient (Wildman–Crippen LogP) is 4.45. The summed E-state index contributed by atoms with van der Waals surface area (Å²) in [5.41, 5.74) is 2.41. The monoisotopic (exact) mass is 356 g/mol. The standard InChI is InChI=1S/C15H17BrO3S/c1-17-13-7-11(8-14(18-2)15(13)19-3)12(16)6-10-4-5-20-9-10/h4-5,7-9,12H,6H2,1-3H3. The van der Waals surface area contributed by atoms with Crippen molar-refractivity contribution in [2.75, 3.05) is 21.3 Å². The van der Waals surface area contributed by atoms with E-state index < -0.39 is 0 Å². The zero-order valence-electron chi connectivity index (χ0n) is 11.7. The van der Waals surface area contributed by atoms with Gasteiger partial charge in [-0.1, -0.05) is 15.9 Å². The van der Waals surface area contributed by atoms with Gasteiger partial charge in [0.2, 0.25) is 5.75 Å². The number of halogens is 1. The van der Waals surface area contributed by atoms with Gasteiger partial charge in [-0.2, -0.15) is 11.3 Å². The normalized spacial score (nSPS) is 12.0. The fourth-order valence-electron chi connectivity index (χ4n) is 2.02. The van der Waals surface area contributed by atoms with Crippen LogP contribution in [0.25, 0.3) is 0 Å². The van der Waals surface area contributed by atoms with E-state index in [0.29, 0.717) is 17.2 Å². The summed E-state index contributed by atoms with van der Waals surface area (Å²) in [6.07, 6.45) is 0.919. The van der Waals surface area contributed by atoms with Crippen LogP contribution in [0.3, 0.4) is 0 Å². The molecule has 1 heterocycles. The van der Waals surface area contributed by atoms with Crippen LogP contribution in [-0.4, -0.2) is 21.3 Å². The van der Waals surface area contributed by atoms with Crippen molar-refractivity contribution in [3.8, 4) is 17.2 Å². The molecule has 0 N–H and O–H groups in total. The Morgan fingerprint density at radius 3 is 2.20 bits per heavy atom. The van der Waals surface area contributed by atoms with Crippen molar-refractivity contribution < 1.29 is 14.2 Å². The Kier molecular flexibility index (Phi) is 5.31. The van der Waals surface area contributed by atoms with Gasteiger partial charge in [-0.25, -0.2) is 0 Å². The lowest BCUT2D eigenvalue weighted by Crippen LogP contribution is -2.00. The minimum absolute atomic E-state index is 0.200. The third kappa shape index (κ3) is 3.27. The van der Waals surface area contributed by atoms with Crippen molar-refractivity contribution in [1.82, 2.24) is 0 Å². The van der Waals surface area contributed by atoms with Gasteiger partial charge >= 0.3 is 0 Å². The molecule has 5 heteroatoms. The Morgan fingerprint density at radius 2 is 1.75 bits per heavy atom. The Morgan fingerprint density at radius 1 is 1.10 bits per heavy atom. The zero-order valence-corrected chi connectivity index (χ0v) is 14.1. The third-order valence-corrected chi connectivity index (χ3v) is 4.63. The topological polar surface area (TPSA) is 27.7 Å². The summed E-state index contributed by atoms with van der Waals surface area (Å²) in [5, 5.41) is 4.25. The fourth-order valence-corrected chi connectivity index (χ4v) is 3.34. The van der Waals surface area contributed by atoms with Crippen LogP contribution in [0.15, 0.2) is 29.0 Å². The first-order valence-corrected chi connectivity index (χ1v) is 8.00. The number of benzene rings is 1. The van der Waals surface area contributed by atoms with Crippen molar-refractivity contribution in [2.24, 2.45) is 0 Å². The van der Waals surface area contributed by atoms with Crippen LogP contribution in [0.2, 0.25) is 0 Å². The molecule has 1 aromatic heterocycles. The molecule has 0 bridgehead atoms. The first-order valence-electron chi connectivity index (χ1n) is 6.14. The number of hydrogen-bond acceptors (Lipinski definition) is 4. The average Bonchev–Trinajstić information content (AvgIpc) is 2.98. The highest BCUT2D eigenvalue weighted by Crippen LogP contribution is 2.41. The van der Waals surface area contributed by atoms with E-state index in [2.05, 4.69) is 32.8 Å².